The largest absolute Gasteiger partial charge is 0.493 e. The van der Waals surface area contributed by atoms with Gasteiger partial charge in [-0.25, -0.2) is 4.99 Å². The third kappa shape index (κ3) is 3.09. The molecule has 2 aromatic rings. The van der Waals surface area contributed by atoms with E-state index >= 15 is 0 Å². The van der Waals surface area contributed by atoms with Crippen LogP contribution in [0.1, 0.15) is 11.8 Å². The van der Waals surface area contributed by atoms with E-state index < -0.39 is 10.8 Å². The number of rotatable bonds is 4. The fourth-order valence-corrected chi connectivity index (χ4v) is 3.06. The molecule has 0 saturated heterocycles. The van der Waals surface area contributed by atoms with Crippen molar-refractivity contribution in [3.63, 3.8) is 0 Å². The van der Waals surface area contributed by atoms with Gasteiger partial charge in [-0.1, -0.05) is 29.5 Å². The number of aromatic hydroxyl groups is 1. The lowest BCUT2D eigenvalue weighted by molar-refractivity contribution is -0.143. The van der Waals surface area contributed by atoms with Gasteiger partial charge in [0.15, 0.2) is 0 Å². The Bertz CT molecular complexity index is 932. The quantitative estimate of drug-likeness (QED) is 0.834. The summed E-state index contributed by atoms with van der Waals surface area (Å²) in [5.41, 5.74) is 0.644. The van der Waals surface area contributed by atoms with Gasteiger partial charge in [-0.3, -0.25) is 14.2 Å². The Morgan fingerprint density at radius 2 is 2.22 bits per heavy atom. The molecule has 1 N–H and O–H groups in total. The monoisotopic (exact) mass is 330 g/mol. The molecule has 118 valence electrons. The van der Waals surface area contributed by atoms with Crippen LogP contribution in [-0.2, 0) is 16.1 Å². The molecule has 1 aromatic carbocycles. The second-order valence-electron chi connectivity index (χ2n) is 4.83. The summed E-state index contributed by atoms with van der Waals surface area (Å²) >= 11 is 0.860. The maximum atomic E-state index is 11.9. The Morgan fingerprint density at radius 3 is 2.96 bits per heavy atom. The molecule has 0 spiro atoms. The van der Waals surface area contributed by atoms with Gasteiger partial charge in [0, 0.05) is 5.22 Å². The number of hydrogen-bond donors (Lipinski definition) is 1. The Labute approximate surface area is 135 Å². The Kier molecular flexibility index (Phi) is 4.12. The summed E-state index contributed by atoms with van der Waals surface area (Å²) < 4.78 is 5.79. The number of ether oxygens (including phenoxy) is 1. The normalized spacial score (nSPS) is 14.2. The lowest BCUT2D eigenvalue weighted by atomic mass is 10.3. The molecular weight excluding hydrogens is 316 g/mol. The fraction of sp³-hybridized carbons (Fsp3) is 0.188. The van der Waals surface area contributed by atoms with Crippen molar-refractivity contribution in [3.8, 4) is 5.88 Å². The number of nitrogens with zero attached hydrogens (tertiary/aromatic N) is 2. The van der Waals surface area contributed by atoms with Crippen molar-refractivity contribution in [2.75, 3.05) is 6.61 Å². The maximum absolute atomic E-state index is 11.9. The molecule has 7 heteroatoms. The second-order valence-corrected chi connectivity index (χ2v) is 5.82. The Hall–Kier alpha value is -2.67. The third-order valence-corrected chi connectivity index (χ3v) is 4.17. The maximum Gasteiger partial charge on any atom is 0.326 e. The number of esters is 1. The van der Waals surface area contributed by atoms with E-state index in [1.165, 1.54) is 0 Å². The third-order valence-electron chi connectivity index (χ3n) is 3.25. The summed E-state index contributed by atoms with van der Waals surface area (Å²) in [6.07, 6.45) is 3.50. The van der Waals surface area contributed by atoms with Crippen molar-refractivity contribution in [2.24, 2.45) is 4.99 Å². The topological polar surface area (TPSA) is 80.9 Å². The van der Waals surface area contributed by atoms with E-state index in [0.29, 0.717) is 10.6 Å². The molecule has 0 saturated carbocycles. The lowest BCUT2D eigenvalue weighted by Gasteiger charge is -2.03. The zero-order chi connectivity index (χ0) is 16.4. The smallest absolute Gasteiger partial charge is 0.326 e. The molecule has 3 rings (SSSR count). The molecule has 0 aliphatic carbocycles. The van der Waals surface area contributed by atoms with E-state index in [9.17, 15) is 14.7 Å². The molecular formula is C16H14N2O4S. The number of thiazole rings is 1. The highest BCUT2D eigenvalue weighted by Crippen LogP contribution is 2.24. The number of aromatic nitrogens is 1. The van der Waals surface area contributed by atoms with Crippen LogP contribution in [0.15, 0.2) is 39.7 Å². The Morgan fingerprint density at radius 1 is 1.43 bits per heavy atom. The highest BCUT2D eigenvalue weighted by atomic mass is 32.1. The zero-order valence-electron chi connectivity index (χ0n) is 12.4. The highest BCUT2D eigenvalue weighted by molar-refractivity contribution is 7.10. The van der Waals surface area contributed by atoms with Gasteiger partial charge in [0.25, 0.3) is 0 Å². The molecule has 6 nitrogen and oxygen atoms in total. The lowest BCUT2D eigenvalue weighted by Crippen LogP contribution is -2.20. The van der Waals surface area contributed by atoms with Crippen molar-refractivity contribution in [3.05, 3.63) is 55.1 Å². The van der Waals surface area contributed by atoms with Gasteiger partial charge >= 0.3 is 10.8 Å². The van der Waals surface area contributed by atoms with Gasteiger partial charge in [-0.2, -0.15) is 0 Å². The van der Waals surface area contributed by atoms with Crippen LogP contribution in [-0.4, -0.2) is 22.2 Å². The van der Waals surface area contributed by atoms with E-state index in [4.69, 9.17) is 4.74 Å². The van der Waals surface area contributed by atoms with Crippen molar-refractivity contribution in [2.45, 2.75) is 13.5 Å². The first-order valence-corrected chi connectivity index (χ1v) is 7.85. The number of fused-ring (bicyclic) bond motifs is 1. The summed E-state index contributed by atoms with van der Waals surface area (Å²) in [6.45, 7) is 1.60. The van der Waals surface area contributed by atoms with Crippen molar-refractivity contribution in [1.82, 2.24) is 4.57 Å². The average Bonchev–Trinajstić information content (AvgIpc) is 3.03. The number of carbonyl (C=O) groups is 1. The van der Waals surface area contributed by atoms with Gasteiger partial charge in [0.05, 0.1) is 22.5 Å². The molecule has 0 unspecified atom stereocenters. The van der Waals surface area contributed by atoms with Crippen molar-refractivity contribution in [1.29, 1.82) is 0 Å². The van der Waals surface area contributed by atoms with Crippen LogP contribution in [0.3, 0.4) is 0 Å². The minimum atomic E-state index is -0.563. The van der Waals surface area contributed by atoms with E-state index in [1.807, 2.05) is 30.3 Å². The van der Waals surface area contributed by atoms with Gasteiger partial charge in [0.2, 0.25) is 5.88 Å². The SMILES string of the molecule is CCOC(=O)Cn1c(O)c(/C=C2/C=c3ccccc3=N2)sc1=O. The zero-order valence-corrected chi connectivity index (χ0v) is 13.2. The van der Waals surface area contributed by atoms with Gasteiger partial charge < -0.3 is 9.84 Å². The number of benzene rings is 1. The van der Waals surface area contributed by atoms with Crippen molar-refractivity contribution >= 4 is 29.5 Å². The summed E-state index contributed by atoms with van der Waals surface area (Å²) in [4.78, 5) is 27.8. The molecule has 1 aliphatic heterocycles. The van der Waals surface area contributed by atoms with Crippen LogP contribution in [0.2, 0.25) is 0 Å². The summed E-state index contributed by atoms with van der Waals surface area (Å²) in [7, 11) is 0. The highest BCUT2D eigenvalue weighted by Gasteiger charge is 2.16. The molecule has 0 atom stereocenters. The van der Waals surface area contributed by atoms with E-state index in [-0.39, 0.29) is 19.0 Å². The molecule has 0 radical (unpaired) electrons. The molecule has 0 amide bonds. The van der Waals surface area contributed by atoms with E-state index in [0.717, 1.165) is 26.5 Å². The summed E-state index contributed by atoms with van der Waals surface area (Å²) in [6, 6.07) is 7.64. The molecule has 2 heterocycles. The molecule has 0 fully saturated rings. The first-order valence-electron chi connectivity index (χ1n) is 7.04. The van der Waals surface area contributed by atoms with Gasteiger partial charge in [-0.05, 0) is 25.1 Å². The number of carbonyl (C=O) groups excluding carboxylic acids is 1. The van der Waals surface area contributed by atoms with E-state index in [2.05, 4.69) is 4.99 Å². The van der Waals surface area contributed by atoms with Crippen LogP contribution < -0.4 is 15.4 Å². The summed E-state index contributed by atoms with van der Waals surface area (Å²) in [5.74, 6) is -0.813. The predicted octanol–water partition coefficient (Wildman–Crippen LogP) is 0.633. The molecule has 1 aliphatic rings. The second kappa shape index (κ2) is 6.21. The first kappa shape index (κ1) is 15.2. The Balaban J connectivity index is 1.94. The average molecular weight is 330 g/mol. The van der Waals surface area contributed by atoms with Crippen LogP contribution >= 0.6 is 11.3 Å². The van der Waals surface area contributed by atoms with Crippen molar-refractivity contribution < 1.29 is 14.6 Å². The molecule has 0 bridgehead atoms. The minimum absolute atomic E-state index is 0.224. The van der Waals surface area contributed by atoms with Crippen LogP contribution in [0.5, 0.6) is 5.88 Å². The van der Waals surface area contributed by atoms with Gasteiger partial charge in [-0.15, -0.1) is 0 Å². The van der Waals surface area contributed by atoms with Crippen LogP contribution in [0, 0.1) is 0 Å². The fourth-order valence-electron chi connectivity index (χ4n) is 2.23. The van der Waals surface area contributed by atoms with Gasteiger partial charge in [0.1, 0.15) is 6.54 Å². The minimum Gasteiger partial charge on any atom is -0.493 e. The summed E-state index contributed by atoms with van der Waals surface area (Å²) in [5, 5.41) is 12.0. The number of allylic oxidation sites excluding steroid dienone is 1. The first-order chi connectivity index (χ1) is 11.1. The van der Waals surface area contributed by atoms with Crippen LogP contribution in [0.25, 0.3) is 12.2 Å². The number of hydrogen-bond acceptors (Lipinski definition) is 6. The predicted molar refractivity (Wildman–Crippen MR) is 86.5 cm³/mol. The van der Waals surface area contributed by atoms with E-state index in [1.54, 1.807) is 13.0 Å². The number of para-hydroxylation sites is 1. The molecule has 23 heavy (non-hydrogen) atoms. The van der Waals surface area contributed by atoms with Crippen LogP contribution in [0.4, 0.5) is 0 Å². The standard InChI is InChI=1S/C16H14N2O4S/c1-2-22-14(19)9-18-15(20)13(23-16(18)21)8-11-7-10-5-3-4-6-12(10)17-11/h3-8,20H,2,9H2,1H3/b11-8-. The molecule has 1 aromatic heterocycles.